The lowest BCUT2D eigenvalue weighted by Gasteiger charge is -2.48. The molecule has 18 heavy (non-hydrogen) atoms. The molecule has 2 fully saturated rings. The van der Waals surface area contributed by atoms with Crippen molar-refractivity contribution in [3.8, 4) is 0 Å². The molecule has 0 spiro atoms. The number of fused-ring (bicyclic) bond motifs is 2. The number of piperidine rings is 2. The Balaban J connectivity index is 1.72. The van der Waals surface area contributed by atoms with E-state index in [4.69, 9.17) is 0 Å². The van der Waals surface area contributed by atoms with Crippen molar-refractivity contribution < 1.29 is 5.11 Å². The molecule has 2 aliphatic rings. The van der Waals surface area contributed by atoms with Crippen molar-refractivity contribution in [2.24, 2.45) is 5.92 Å². The molecule has 3 rings (SSSR count). The lowest BCUT2D eigenvalue weighted by Crippen LogP contribution is -2.51. The van der Waals surface area contributed by atoms with Crippen LogP contribution in [0.2, 0.25) is 0 Å². The maximum Gasteiger partial charge on any atom is 0.0460 e. The highest BCUT2D eigenvalue weighted by molar-refractivity contribution is 5.15. The summed E-state index contributed by atoms with van der Waals surface area (Å²) in [6.45, 7) is 1.47. The molecule has 0 aliphatic carbocycles. The Morgan fingerprint density at radius 1 is 1.06 bits per heavy atom. The van der Waals surface area contributed by atoms with Crippen LogP contribution < -0.4 is 0 Å². The van der Waals surface area contributed by atoms with Gasteiger partial charge >= 0.3 is 0 Å². The zero-order chi connectivity index (χ0) is 12.4. The summed E-state index contributed by atoms with van der Waals surface area (Å²) in [5, 5.41) is 9.40. The first-order chi connectivity index (χ1) is 8.86. The van der Waals surface area contributed by atoms with Gasteiger partial charge in [0, 0.05) is 25.2 Å². The van der Waals surface area contributed by atoms with Crippen molar-refractivity contribution in [3.05, 3.63) is 35.9 Å². The first-order valence-corrected chi connectivity index (χ1v) is 7.27. The molecule has 2 saturated heterocycles. The molecule has 3 atom stereocenters. The molecular weight excluding hydrogens is 222 g/mol. The van der Waals surface area contributed by atoms with Crippen molar-refractivity contribution in [3.63, 3.8) is 0 Å². The van der Waals surface area contributed by atoms with Gasteiger partial charge in [0.05, 0.1) is 0 Å². The zero-order valence-corrected chi connectivity index (χ0v) is 11.0. The van der Waals surface area contributed by atoms with E-state index < -0.39 is 0 Å². The van der Waals surface area contributed by atoms with Crippen molar-refractivity contribution >= 4 is 0 Å². The van der Waals surface area contributed by atoms with Crippen molar-refractivity contribution in [2.45, 2.75) is 50.7 Å². The summed E-state index contributed by atoms with van der Waals surface area (Å²) < 4.78 is 0. The quantitative estimate of drug-likeness (QED) is 0.885. The Labute approximate surface area is 110 Å². The summed E-state index contributed by atoms with van der Waals surface area (Å²) in [5.74, 6) is 0.548. The van der Waals surface area contributed by atoms with Gasteiger partial charge in [-0.05, 0) is 37.2 Å². The van der Waals surface area contributed by atoms with Gasteiger partial charge in [-0.1, -0.05) is 36.8 Å². The third-order valence-electron chi connectivity index (χ3n) is 4.69. The molecule has 0 radical (unpaired) electrons. The molecule has 0 amide bonds. The Morgan fingerprint density at radius 3 is 2.33 bits per heavy atom. The van der Waals surface area contributed by atoms with Gasteiger partial charge in [0.1, 0.15) is 0 Å². The summed E-state index contributed by atoms with van der Waals surface area (Å²) in [4.78, 5) is 2.70. The summed E-state index contributed by atoms with van der Waals surface area (Å²) >= 11 is 0. The maximum atomic E-state index is 9.40. The van der Waals surface area contributed by atoms with E-state index in [0.29, 0.717) is 24.6 Å². The van der Waals surface area contributed by atoms with Crippen LogP contribution in [0.1, 0.15) is 37.7 Å². The number of hydrogen-bond acceptors (Lipinski definition) is 2. The molecule has 2 bridgehead atoms. The third-order valence-corrected chi connectivity index (χ3v) is 4.69. The van der Waals surface area contributed by atoms with Gasteiger partial charge in [0.2, 0.25) is 0 Å². The predicted molar refractivity (Wildman–Crippen MR) is 73.2 cm³/mol. The van der Waals surface area contributed by atoms with E-state index in [-0.39, 0.29) is 0 Å². The summed E-state index contributed by atoms with van der Waals surface area (Å²) in [5.41, 5.74) is 1.43. The van der Waals surface area contributed by atoms with Gasteiger partial charge < -0.3 is 5.11 Å². The SMILES string of the molecule is OCC1C[C@H]2CCC[C@@H](C1)N2Cc1ccccc1. The Bertz CT molecular complexity index is 364. The second-order valence-corrected chi connectivity index (χ2v) is 5.92. The zero-order valence-electron chi connectivity index (χ0n) is 11.0. The average Bonchev–Trinajstić information content (AvgIpc) is 2.39. The molecule has 1 N–H and O–H groups in total. The summed E-state index contributed by atoms with van der Waals surface area (Å²) in [6, 6.07) is 12.2. The first kappa shape index (κ1) is 12.2. The van der Waals surface area contributed by atoms with E-state index in [1.54, 1.807) is 0 Å². The highest BCUT2D eigenvalue weighted by Crippen LogP contribution is 2.37. The Kier molecular flexibility index (Phi) is 3.67. The van der Waals surface area contributed by atoms with Crippen molar-refractivity contribution in [2.75, 3.05) is 6.61 Å². The number of rotatable bonds is 3. The third kappa shape index (κ3) is 2.45. The molecule has 0 aromatic heterocycles. The molecule has 98 valence electrons. The van der Waals surface area contributed by atoms with Crippen LogP contribution >= 0.6 is 0 Å². The topological polar surface area (TPSA) is 23.5 Å². The van der Waals surface area contributed by atoms with E-state index in [2.05, 4.69) is 35.2 Å². The van der Waals surface area contributed by atoms with Crippen LogP contribution in [-0.4, -0.2) is 28.7 Å². The van der Waals surface area contributed by atoms with Gasteiger partial charge in [0.15, 0.2) is 0 Å². The monoisotopic (exact) mass is 245 g/mol. The minimum Gasteiger partial charge on any atom is -0.396 e. The van der Waals surface area contributed by atoms with Crippen LogP contribution in [0.15, 0.2) is 30.3 Å². The maximum absolute atomic E-state index is 9.40. The number of benzene rings is 1. The minimum absolute atomic E-state index is 0.381. The lowest BCUT2D eigenvalue weighted by molar-refractivity contribution is -0.00694. The second kappa shape index (κ2) is 5.41. The van der Waals surface area contributed by atoms with Crippen molar-refractivity contribution in [1.82, 2.24) is 4.90 Å². The molecule has 1 aromatic rings. The predicted octanol–water partition coefficient (Wildman–Crippen LogP) is 2.81. The summed E-state index contributed by atoms with van der Waals surface area (Å²) in [7, 11) is 0. The fourth-order valence-corrected chi connectivity index (χ4v) is 3.79. The molecule has 2 aliphatic heterocycles. The molecule has 1 unspecified atom stereocenters. The second-order valence-electron chi connectivity index (χ2n) is 5.92. The smallest absolute Gasteiger partial charge is 0.0460 e. The highest BCUT2D eigenvalue weighted by atomic mass is 16.3. The summed E-state index contributed by atoms with van der Waals surface area (Å²) in [6.07, 6.45) is 6.40. The molecule has 1 aromatic carbocycles. The minimum atomic E-state index is 0.381. The average molecular weight is 245 g/mol. The van der Waals surface area contributed by atoms with Gasteiger partial charge in [-0.15, -0.1) is 0 Å². The number of nitrogens with zero attached hydrogens (tertiary/aromatic N) is 1. The normalized spacial score (nSPS) is 32.4. The molecule has 2 nitrogen and oxygen atoms in total. The van der Waals surface area contributed by atoms with Crippen LogP contribution in [0.3, 0.4) is 0 Å². The molecule has 0 saturated carbocycles. The lowest BCUT2D eigenvalue weighted by atomic mass is 9.78. The van der Waals surface area contributed by atoms with Gasteiger partial charge in [-0.2, -0.15) is 0 Å². The van der Waals surface area contributed by atoms with Crippen LogP contribution in [0, 0.1) is 5.92 Å². The van der Waals surface area contributed by atoms with Crippen molar-refractivity contribution in [1.29, 1.82) is 0 Å². The molecule has 2 heterocycles. The standard InChI is InChI=1S/C16H23NO/c18-12-14-9-15-7-4-8-16(10-14)17(15)11-13-5-2-1-3-6-13/h1-3,5-6,14-16,18H,4,7-12H2/t14?,15-,16+. The van der Waals surface area contributed by atoms with E-state index in [1.165, 1.54) is 37.7 Å². The van der Waals surface area contributed by atoms with Crippen LogP contribution in [0.25, 0.3) is 0 Å². The Morgan fingerprint density at radius 2 is 1.72 bits per heavy atom. The number of hydrogen-bond donors (Lipinski definition) is 1. The van der Waals surface area contributed by atoms with E-state index in [9.17, 15) is 5.11 Å². The molecule has 2 heteroatoms. The van der Waals surface area contributed by atoms with Crippen LogP contribution in [0.5, 0.6) is 0 Å². The Hall–Kier alpha value is -0.860. The van der Waals surface area contributed by atoms with Gasteiger partial charge in [-0.3, -0.25) is 4.90 Å². The fourth-order valence-electron chi connectivity index (χ4n) is 3.79. The van der Waals surface area contributed by atoms with Gasteiger partial charge in [0.25, 0.3) is 0 Å². The van der Waals surface area contributed by atoms with E-state index >= 15 is 0 Å². The van der Waals surface area contributed by atoms with E-state index in [1.807, 2.05) is 0 Å². The number of aliphatic hydroxyl groups is 1. The van der Waals surface area contributed by atoms with E-state index in [0.717, 1.165) is 6.54 Å². The van der Waals surface area contributed by atoms with Crippen LogP contribution in [-0.2, 0) is 6.54 Å². The number of aliphatic hydroxyl groups excluding tert-OH is 1. The highest BCUT2D eigenvalue weighted by Gasteiger charge is 2.37. The fraction of sp³-hybridized carbons (Fsp3) is 0.625. The van der Waals surface area contributed by atoms with Gasteiger partial charge in [-0.25, -0.2) is 0 Å². The first-order valence-electron chi connectivity index (χ1n) is 7.27. The molecular formula is C16H23NO. The van der Waals surface area contributed by atoms with Crippen LogP contribution in [0.4, 0.5) is 0 Å². The largest absolute Gasteiger partial charge is 0.396 e.